The third-order valence-electron chi connectivity index (χ3n) is 5.34. The first kappa shape index (κ1) is 21.8. The molecule has 4 heterocycles. The molecule has 0 atom stereocenters. The molecule has 0 amide bonds. The molecule has 29 heavy (non-hydrogen) atoms. The molecule has 2 aromatic rings. The molecule has 2 aliphatic heterocycles. The lowest BCUT2D eigenvalue weighted by molar-refractivity contribution is 0.370. The van der Waals surface area contributed by atoms with E-state index in [0.717, 1.165) is 70.6 Å². The van der Waals surface area contributed by atoms with Crippen molar-refractivity contribution in [2.75, 3.05) is 44.2 Å². The molecule has 0 aliphatic carbocycles. The number of fused-ring (bicyclic) bond motifs is 1. The molecule has 0 saturated carbocycles. The van der Waals surface area contributed by atoms with Gasteiger partial charge in [0.2, 0.25) is 5.95 Å². The number of anilines is 1. The molecule has 9 heteroatoms. The molecule has 4 rings (SSSR count). The number of aromatic nitrogens is 4. The van der Waals surface area contributed by atoms with Gasteiger partial charge in [0.15, 0.2) is 5.96 Å². The molecule has 1 saturated heterocycles. The van der Waals surface area contributed by atoms with Gasteiger partial charge in [-0.15, -0.1) is 24.0 Å². The van der Waals surface area contributed by atoms with Gasteiger partial charge in [-0.05, 0) is 25.8 Å². The third kappa shape index (κ3) is 5.58. The molecule has 0 bridgehead atoms. The molecule has 1 fully saturated rings. The van der Waals surface area contributed by atoms with Crippen LogP contribution in [0.4, 0.5) is 5.95 Å². The van der Waals surface area contributed by atoms with Gasteiger partial charge >= 0.3 is 0 Å². The minimum absolute atomic E-state index is 0. The second-order valence-electron chi connectivity index (χ2n) is 7.31. The lowest BCUT2D eigenvalue weighted by Gasteiger charge is -2.36. The Bertz CT molecular complexity index is 760. The van der Waals surface area contributed by atoms with E-state index in [4.69, 9.17) is 9.98 Å². The summed E-state index contributed by atoms with van der Waals surface area (Å²) in [7, 11) is 0. The van der Waals surface area contributed by atoms with Gasteiger partial charge in [0.05, 0.1) is 5.69 Å². The molecule has 2 aliphatic rings. The summed E-state index contributed by atoms with van der Waals surface area (Å²) in [6, 6.07) is 1.85. The first-order valence-electron chi connectivity index (χ1n) is 10.4. The first-order valence-corrected chi connectivity index (χ1v) is 10.4. The Labute approximate surface area is 189 Å². The lowest BCUT2D eigenvalue weighted by Crippen LogP contribution is -2.53. The number of rotatable bonds is 5. The zero-order valence-corrected chi connectivity index (χ0v) is 19.5. The quantitative estimate of drug-likeness (QED) is 0.377. The van der Waals surface area contributed by atoms with Gasteiger partial charge in [0.1, 0.15) is 5.82 Å². The van der Waals surface area contributed by atoms with Gasteiger partial charge in [0.25, 0.3) is 0 Å². The minimum atomic E-state index is 0. The molecule has 1 N–H and O–H groups in total. The van der Waals surface area contributed by atoms with Crippen LogP contribution >= 0.6 is 24.0 Å². The molecule has 0 spiro atoms. The Kier molecular flexibility index (Phi) is 8.08. The van der Waals surface area contributed by atoms with Crippen LogP contribution in [0.15, 0.2) is 29.6 Å². The highest BCUT2D eigenvalue weighted by atomic mass is 127. The molecular weight excluding hydrogens is 479 g/mol. The number of hydrogen-bond acceptors (Lipinski definition) is 5. The fraction of sp³-hybridized carbons (Fsp3) is 0.600. The number of hydrogen-bond donors (Lipinski definition) is 1. The van der Waals surface area contributed by atoms with Crippen molar-refractivity contribution in [3.05, 3.63) is 36.2 Å². The van der Waals surface area contributed by atoms with Crippen LogP contribution < -0.4 is 10.2 Å². The third-order valence-corrected chi connectivity index (χ3v) is 5.34. The van der Waals surface area contributed by atoms with E-state index in [1.165, 1.54) is 24.4 Å². The largest absolute Gasteiger partial charge is 0.357 e. The fourth-order valence-corrected chi connectivity index (χ4v) is 3.87. The number of guanidine groups is 1. The van der Waals surface area contributed by atoms with Gasteiger partial charge in [-0.1, -0.05) is 0 Å². The van der Waals surface area contributed by atoms with E-state index in [2.05, 4.69) is 42.8 Å². The van der Waals surface area contributed by atoms with E-state index < -0.39 is 0 Å². The maximum Gasteiger partial charge on any atom is 0.225 e. The van der Waals surface area contributed by atoms with Crippen molar-refractivity contribution >= 4 is 35.9 Å². The van der Waals surface area contributed by atoms with Crippen LogP contribution in [0.5, 0.6) is 0 Å². The summed E-state index contributed by atoms with van der Waals surface area (Å²) < 4.78 is 2.32. The van der Waals surface area contributed by atoms with Gasteiger partial charge in [0, 0.05) is 77.2 Å². The standard InChI is InChI=1S/C20H30N8.HI/c1-2-21-19(24-10-7-17-16-28-11-4-3-6-18(28)25-17)26-12-14-27(15-13-26)20-22-8-5-9-23-20;/h5,8-9,16H,2-4,6-7,10-15H2,1H3,(H,21,24);1H. The minimum Gasteiger partial charge on any atom is -0.357 e. The Morgan fingerprint density at radius 2 is 1.90 bits per heavy atom. The summed E-state index contributed by atoms with van der Waals surface area (Å²) in [6.45, 7) is 8.52. The van der Waals surface area contributed by atoms with Crippen molar-refractivity contribution in [2.24, 2.45) is 4.99 Å². The molecule has 2 aromatic heterocycles. The average Bonchev–Trinajstić information content (AvgIpc) is 3.17. The van der Waals surface area contributed by atoms with E-state index >= 15 is 0 Å². The van der Waals surface area contributed by atoms with Crippen LogP contribution in [0.2, 0.25) is 0 Å². The zero-order valence-electron chi connectivity index (χ0n) is 17.1. The SMILES string of the molecule is CCNC(=NCCc1cn2c(n1)CCCC2)N1CCN(c2ncccn2)CC1.I. The topological polar surface area (TPSA) is 74.5 Å². The maximum atomic E-state index is 4.87. The monoisotopic (exact) mass is 510 g/mol. The molecule has 158 valence electrons. The lowest BCUT2D eigenvalue weighted by atomic mass is 10.2. The van der Waals surface area contributed by atoms with E-state index in [1.54, 1.807) is 12.4 Å². The number of aliphatic imine (C=N–C) groups is 1. The Balaban J connectivity index is 0.00000240. The van der Waals surface area contributed by atoms with E-state index in [9.17, 15) is 0 Å². The number of nitrogens with zero attached hydrogens (tertiary/aromatic N) is 7. The van der Waals surface area contributed by atoms with Gasteiger partial charge in [-0.25, -0.2) is 15.0 Å². The smallest absolute Gasteiger partial charge is 0.225 e. The highest BCUT2D eigenvalue weighted by Crippen LogP contribution is 2.15. The molecule has 0 aromatic carbocycles. The van der Waals surface area contributed by atoms with Gasteiger partial charge in [-0.3, -0.25) is 4.99 Å². The second-order valence-corrected chi connectivity index (χ2v) is 7.31. The molecule has 8 nitrogen and oxygen atoms in total. The predicted molar refractivity (Wildman–Crippen MR) is 126 cm³/mol. The number of imidazole rings is 1. The Morgan fingerprint density at radius 3 is 2.62 bits per heavy atom. The summed E-state index contributed by atoms with van der Waals surface area (Å²) >= 11 is 0. The van der Waals surface area contributed by atoms with Gasteiger partial charge in [-0.2, -0.15) is 0 Å². The summed E-state index contributed by atoms with van der Waals surface area (Å²) in [6.07, 6.45) is 10.4. The van der Waals surface area contributed by atoms with Crippen LogP contribution in [0, 0.1) is 0 Å². The number of halogens is 1. The summed E-state index contributed by atoms with van der Waals surface area (Å²) in [5.74, 6) is 3.06. The average molecular weight is 510 g/mol. The van der Waals surface area contributed by atoms with E-state index in [1.807, 2.05) is 6.07 Å². The Hall–Kier alpha value is -1.91. The van der Waals surface area contributed by atoms with E-state index in [0.29, 0.717) is 0 Å². The molecular formula is C20H31IN8. The first-order chi connectivity index (χ1) is 13.8. The van der Waals surface area contributed by atoms with Crippen LogP contribution in [0.1, 0.15) is 31.3 Å². The summed E-state index contributed by atoms with van der Waals surface area (Å²) in [5.41, 5.74) is 1.17. The number of piperazine rings is 1. The highest BCUT2D eigenvalue weighted by Gasteiger charge is 2.21. The van der Waals surface area contributed by atoms with Crippen molar-refractivity contribution in [3.8, 4) is 0 Å². The summed E-state index contributed by atoms with van der Waals surface area (Å²) in [5, 5.41) is 3.44. The van der Waals surface area contributed by atoms with Crippen molar-refractivity contribution in [1.82, 2.24) is 29.7 Å². The van der Waals surface area contributed by atoms with E-state index in [-0.39, 0.29) is 24.0 Å². The van der Waals surface area contributed by atoms with Crippen molar-refractivity contribution in [3.63, 3.8) is 0 Å². The van der Waals surface area contributed by atoms with Crippen molar-refractivity contribution in [2.45, 2.75) is 39.2 Å². The number of aryl methyl sites for hydroxylation is 2. The Morgan fingerprint density at radius 1 is 1.10 bits per heavy atom. The molecule has 0 radical (unpaired) electrons. The summed E-state index contributed by atoms with van der Waals surface area (Å²) in [4.78, 5) is 22.9. The van der Waals surface area contributed by atoms with Crippen molar-refractivity contribution in [1.29, 1.82) is 0 Å². The fourth-order valence-electron chi connectivity index (χ4n) is 3.87. The predicted octanol–water partition coefficient (Wildman–Crippen LogP) is 1.96. The van der Waals surface area contributed by atoms with Gasteiger partial charge < -0.3 is 19.7 Å². The van der Waals surface area contributed by atoms with Crippen LogP contribution in [0.25, 0.3) is 0 Å². The molecule has 0 unspecified atom stereocenters. The van der Waals surface area contributed by atoms with Crippen LogP contribution in [-0.2, 0) is 19.4 Å². The van der Waals surface area contributed by atoms with Crippen LogP contribution in [0.3, 0.4) is 0 Å². The second kappa shape index (κ2) is 10.7. The van der Waals surface area contributed by atoms with Crippen LogP contribution in [-0.4, -0.2) is 69.6 Å². The van der Waals surface area contributed by atoms with Crippen molar-refractivity contribution < 1.29 is 0 Å². The normalized spacial score (nSPS) is 16.9. The zero-order chi connectivity index (χ0) is 19.2. The maximum absolute atomic E-state index is 4.87. The number of nitrogens with one attached hydrogen (secondary N) is 1. The highest BCUT2D eigenvalue weighted by molar-refractivity contribution is 14.0.